The monoisotopic (exact) mass is 354 g/mol. The van der Waals surface area contributed by atoms with Crippen LogP contribution >= 0.6 is 0 Å². The lowest BCUT2D eigenvalue weighted by atomic mass is 9.89. The Hall–Kier alpha value is -2.29. The first-order valence-corrected chi connectivity index (χ1v) is 9.78. The third kappa shape index (κ3) is 5.62. The zero-order chi connectivity index (χ0) is 18.8. The molecule has 0 aromatic heterocycles. The molecule has 0 saturated heterocycles. The van der Waals surface area contributed by atoms with Crippen molar-refractivity contribution in [2.45, 2.75) is 65.2 Å². The third-order valence-electron chi connectivity index (χ3n) is 4.71. The second-order valence-corrected chi connectivity index (χ2v) is 6.72. The van der Waals surface area contributed by atoms with Crippen LogP contribution in [0.4, 0.5) is 4.79 Å². The zero-order valence-corrected chi connectivity index (χ0v) is 16.0. The summed E-state index contributed by atoms with van der Waals surface area (Å²) in [5.74, 6) is 0.439. The van der Waals surface area contributed by atoms with Crippen LogP contribution in [0.5, 0.6) is 5.75 Å². The zero-order valence-electron chi connectivity index (χ0n) is 16.0. The Labute approximate surface area is 157 Å². The highest BCUT2D eigenvalue weighted by Crippen LogP contribution is 2.37. The van der Waals surface area contributed by atoms with Crippen molar-refractivity contribution >= 4 is 6.16 Å². The van der Waals surface area contributed by atoms with Gasteiger partial charge < -0.3 is 9.84 Å². The summed E-state index contributed by atoms with van der Waals surface area (Å²) in [6.45, 7) is 4.41. The van der Waals surface area contributed by atoms with Crippen molar-refractivity contribution in [1.82, 2.24) is 0 Å². The summed E-state index contributed by atoms with van der Waals surface area (Å²) >= 11 is 0. The largest absolute Gasteiger partial charge is 0.511 e. The maximum atomic E-state index is 11.2. The van der Waals surface area contributed by atoms with Gasteiger partial charge >= 0.3 is 6.16 Å². The number of unbranched alkanes of at least 4 members (excludes halogenated alkanes) is 4. The highest BCUT2D eigenvalue weighted by molar-refractivity contribution is 5.78. The predicted octanol–water partition coefficient (Wildman–Crippen LogP) is 6.88. The quantitative estimate of drug-likeness (QED) is 0.287. The van der Waals surface area contributed by atoms with Gasteiger partial charge in [-0.25, -0.2) is 4.79 Å². The molecular formula is C23H30O3. The molecule has 0 spiro atoms. The molecular weight excluding hydrogens is 324 g/mol. The highest BCUT2D eigenvalue weighted by atomic mass is 16.7. The molecule has 0 saturated carbocycles. The Morgan fingerprint density at radius 1 is 0.885 bits per heavy atom. The van der Waals surface area contributed by atoms with Gasteiger partial charge in [-0.05, 0) is 48.4 Å². The Morgan fingerprint density at radius 3 is 2.15 bits per heavy atom. The minimum Gasteiger partial charge on any atom is -0.449 e. The van der Waals surface area contributed by atoms with Crippen molar-refractivity contribution in [2.24, 2.45) is 0 Å². The average Bonchev–Trinajstić information content (AvgIpc) is 2.64. The van der Waals surface area contributed by atoms with Crippen LogP contribution < -0.4 is 4.74 Å². The van der Waals surface area contributed by atoms with Crippen LogP contribution in [0.25, 0.3) is 11.1 Å². The number of aryl methyl sites for hydroxylation is 1. The maximum Gasteiger partial charge on any atom is 0.511 e. The summed E-state index contributed by atoms with van der Waals surface area (Å²) < 4.78 is 5.14. The van der Waals surface area contributed by atoms with Crippen LogP contribution in [0, 0.1) is 0 Å². The van der Waals surface area contributed by atoms with Gasteiger partial charge in [0.1, 0.15) is 5.75 Å². The van der Waals surface area contributed by atoms with E-state index in [4.69, 9.17) is 9.84 Å². The molecule has 0 amide bonds. The van der Waals surface area contributed by atoms with Gasteiger partial charge in [0.2, 0.25) is 0 Å². The van der Waals surface area contributed by atoms with E-state index in [9.17, 15) is 4.79 Å². The van der Waals surface area contributed by atoms with Crippen LogP contribution in [-0.2, 0) is 12.8 Å². The Balaban J connectivity index is 2.51. The second-order valence-electron chi connectivity index (χ2n) is 6.72. The highest BCUT2D eigenvalue weighted by Gasteiger charge is 2.17. The van der Waals surface area contributed by atoms with Crippen molar-refractivity contribution < 1.29 is 14.6 Å². The van der Waals surface area contributed by atoms with Gasteiger partial charge in [-0.15, -0.1) is 0 Å². The summed E-state index contributed by atoms with van der Waals surface area (Å²) in [6.07, 6.45) is 7.72. The van der Waals surface area contributed by atoms with E-state index in [0.717, 1.165) is 43.2 Å². The fraction of sp³-hybridized carbons (Fsp3) is 0.435. The standard InChI is InChI=1S/C23H30O3/c1-3-5-8-12-18-16-17-21(26-23(24)25)22(19-13-10-7-11-14-19)20(18)15-9-6-4-2/h7,10-11,13-14,16-17H,3-6,8-9,12,15H2,1-2H3,(H,24,25). The first-order chi connectivity index (χ1) is 12.7. The molecule has 3 heteroatoms. The number of hydrogen-bond donors (Lipinski definition) is 1. The van der Waals surface area contributed by atoms with Crippen molar-refractivity contribution in [3.8, 4) is 16.9 Å². The summed E-state index contributed by atoms with van der Waals surface area (Å²) in [4.78, 5) is 11.2. The van der Waals surface area contributed by atoms with Crippen LogP contribution in [-0.4, -0.2) is 11.3 Å². The molecule has 0 atom stereocenters. The van der Waals surface area contributed by atoms with Crippen LogP contribution in [0.15, 0.2) is 42.5 Å². The van der Waals surface area contributed by atoms with Crippen LogP contribution in [0.1, 0.15) is 63.5 Å². The number of benzene rings is 2. The summed E-state index contributed by atoms with van der Waals surface area (Å²) in [6, 6.07) is 13.9. The molecule has 140 valence electrons. The minimum atomic E-state index is -1.26. The van der Waals surface area contributed by atoms with E-state index in [1.165, 1.54) is 30.4 Å². The topological polar surface area (TPSA) is 46.5 Å². The predicted molar refractivity (Wildman–Crippen MR) is 107 cm³/mol. The minimum absolute atomic E-state index is 0.439. The molecule has 0 aliphatic carbocycles. The summed E-state index contributed by atoms with van der Waals surface area (Å²) in [5, 5.41) is 9.16. The number of carboxylic acid groups (broad SMARTS) is 1. The van der Waals surface area contributed by atoms with Gasteiger partial charge in [-0.2, -0.15) is 0 Å². The molecule has 2 aromatic rings. The lowest BCUT2D eigenvalue weighted by molar-refractivity contribution is 0.144. The van der Waals surface area contributed by atoms with Gasteiger partial charge in [-0.3, -0.25) is 0 Å². The molecule has 0 aliphatic heterocycles. The smallest absolute Gasteiger partial charge is 0.449 e. The maximum absolute atomic E-state index is 11.2. The number of carbonyl (C=O) groups is 1. The lowest BCUT2D eigenvalue weighted by Crippen LogP contribution is -2.07. The van der Waals surface area contributed by atoms with Crippen LogP contribution in [0.2, 0.25) is 0 Å². The van der Waals surface area contributed by atoms with Gasteiger partial charge in [0.05, 0.1) is 0 Å². The molecule has 0 bridgehead atoms. The van der Waals surface area contributed by atoms with Gasteiger partial charge in [0, 0.05) is 5.56 Å². The van der Waals surface area contributed by atoms with Crippen LogP contribution in [0.3, 0.4) is 0 Å². The van der Waals surface area contributed by atoms with Crippen molar-refractivity contribution in [3.63, 3.8) is 0 Å². The van der Waals surface area contributed by atoms with Gasteiger partial charge in [0.25, 0.3) is 0 Å². The number of rotatable bonds is 10. The Morgan fingerprint density at radius 2 is 1.54 bits per heavy atom. The molecule has 0 unspecified atom stereocenters. The summed E-state index contributed by atoms with van der Waals surface area (Å²) in [7, 11) is 0. The molecule has 0 aliphatic rings. The molecule has 3 nitrogen and oxygen atoms in total. The van der Waals surface area contributed by atoms with E-state index >= 15 is 0 Å². The normalized spacial score (nSPS) is 10.7. The van der Waals surface area contributed by atoms with E-state index in [1.54, 1.807) is 0 Å². The van der Waals surface area contributed by atoms with Crippen molar-refractivity contribution in [2.75, 3.05) is 0 Å². The Bertz CT molecular complexity index is 692. The average molecular weight is 354 g/mol. The third-order valence-corrected chi connectivity index (χ3v) is 4.71. The van der Waals surface area contributed by atoms with E-state index in [-0.39, 0.29) is 0 Å². The molecule has 1 N–H and O–H groups in total. The molecule has 0 fully saturated rings. The summed E-state index contributed by atoms with van der Waals surface area (Å²) in [5.41, 5.74) is 4.54. The number of hydrogen-bond acceptors (Lipinski definition) is 2. The van der Waals surface area contributed by atoms with E-state index in [2.05, 4.69) is 19.9 Å². The molecule has 26 heavy (non-hydrogen) atoms. The van der Waals surface area contributed by atoms with E-state index in [0.29, 0.717) is 5.75 Å². The van der Waals surface area contributed by atoms with Gasteiger partial charge in [0.15, 0.2) is 0 Å². The van der Waals surface area contributed by atoms with Crippen molar-refractivity contribution in [1.29, 1.82) is 0 Å². The first-order valence-electron chi connectivity index (χ1n) is 9.78. The fourth-order valence-electron chi connectivity index (χ4n) is 3.41. The van der Waals surface area contributed by atoms with E-state index in [1.807, 2.05) is 36.4 Å². The second kappa shape index (κ2) is 10.6. The van der Waals surface area contributed by atoms with E-state index < -0.39 is 6.16 Å². The molecule has 0 radical (unpaired) electrons. The molecule has 2 rings (SSSR count). The number of ether oxygens (including phenoxy) is 1. The first kappa shape index (κ1) is 20.0. The SMILES string of the molecule is CCCCCc1ccc(OC(=O)O)c(-c2ccccc2)c1CCCCC. The Kier molecular flexibility index (Phi) is 8.20. The fourth-order valence-corrected chi connectivity index (χ4v) is 3.41. The van der Waals surface area contributed by atoms with Crippen molar-refractivity contribution in [3.05, 3.63) is 53.6 Å². The van der Waals surface area contributed by atoms with Gasteiger partial charge in [-0.1, -0.05) is 75.9 Å². The molecule has 2 aromatic carbocycles. The lowest BCUT2D eigenvalue weighted by Gasteiger charge is -2.18. The molecule has 0 heterocycles.